The third kappa shape index (κ3) is 4.08. The summed E-state index contributed by atoms with van der Waals surface area (Å²) in [6.07, 6.45) is 2.36. The molecule has 0 saturated carbocycles. The molecule has 3 aromatic heterocycles. The second-order valence-electron chi connectivity index (χ2n) is 20.3. The molecule has 294 valence electrons. The molecule has 4 aliphatic rings. The van der Waals surface area contributed by atoms with E-state index >= 15 is 0 Å². The molecule has 0 unspecified atom stereocenters. The van der Waals surface area contributed by atoms with Gasteiger partial charge < -0.3 is 13.8 Å². The summed E-state index contributed by atoms with van der Waals surface area (Å²) >= 11 is 1.94. The maximum atomic E-state index is 7.10. The summed E-state index contributed by atoms with van der Waals surface area (Å²) in [5.74, 6) is 0. The lowest BCUT2D eigenvalue weighted by Crippen LogP contribution is -2.57. The Balaban J connectivity index is 1.21. The average Bonchev–Trinajstić information content (AvgIpc) is 3.98. The van der Waals surface area contributed by atoms with Crippen LogP contribution in [0.15, 0.2) is 126 Å². The average molecular weight is 805 g/mol. The van der Waals surface area contributed by atoms with E-state index < -0.39 is 0 Å². The van der Waals surface area contributed by atoms with Gasteiger partial charge in [-0.05, 0) is 105 Å². The number of hydrogen-bond donors (Lipinski definition) is 0. The zero-order valence-corrected chi connectivity index (χ0v) is 36.6. The predicted molar refractivity (Wildman–Crippen MR) is 260 cm³/mol. The fourth-order valence-corrected chi connectivity index (χ4v) is 13.9. The molecule has 0 bridgehead atoms. The zero-order chi connectivity index (χ0) is 41.1. The number of thiophene rings is 1. The van der Waals surface area contributed by atoms with E-state index in [2.05, 4.69) is 179 Å². The molecule has 61 heavy (non-hydrogen) atoms. The van der Waals surface area contributed by atoms with Gasteiger partial charge in [0.25, 0.3) is 0 Å². The minimum atomic E-state index is -0.239. The number of para-hydroxylation sites is 2. The number of anilines is 3. The maximum Gasteiger partial charge on any atom is 0.333 e. The van der Waals surface area contributed by atoms with E-state index in [1.54, 1.807) is 0 Å². The summed E-state index contributed by atoms with van der Waals surface area (Å²) in [6.45, 7) is 17.0. The predicted octanol–water partition coefficient (Wildman–Crippen LogP) is 14.3. The number of furan rings is 1. The van der Waals surface area contributed by atoms with E-state index in [9.17, 15) is 0 Å². The minimum absolute atomic E-state index is 0.0508. The van der Waals surface area contributed by atoms with Crippen molar-refractivity contribution in [2.24, 2.45) is 0 Å². The van der Waals surface area contributed by atoms with Crippen molar-refractivity contribution in [1.82, 2.24) is 4.48 Å². The van der Waals surface area contributed by atoms with E-state index in [1.165, 1.54) is 127 Å². The molecule has 14 rings (SSSR count). The fourth-order valence-electron chi connectivity index (χ4n) is 12.7. The second kappa shape index (κ2) is 11.1. The zero-order valence-electron chi connectivity index (χ0n) is 35.7. The van der Waals surface area contributed by atoms with Gasteiger partial charge in [0.05, 0.1) is 4.83 Å². The molecule has 5 heteroatoms. The summed E-state index contributed by atoms with van der Waals surface area (Å²) in [7, 11) is 0. The second-order valence-corrected chi connectivity index (χ2v) is 21.3. The molecule has 10 aromatic rings. The highest BCUT2D eigenvalue weighted by atomic mass is 32.1. The van der Waals surface area contributed by atoms with Crippen LogP contribution in [-0.4, -0.2) is 11.3 Å². The molecule has 0 fully saturated rings. The lowest BCUT2D eigenvalue weighted by molar-refractivity contribution is 0.332. The maximum absolute atomic E-state index is 7.10. The Morgan fingerprint density at radius 1 is 0.623 bits per heavy atom. The number of fused-ring (bicyclic) bond motifs is 18. The lowest BCUT2D eigenvalue weighted by Gasteiger charge is -2.45. The van der Waals surface area contributed by atoms with E-state index in [0.717, 1.165) is 16.6 Å². The van der Waals surface area contributed by atoms with Crippen molar-refractivity contribution in [3.05, 3.63) is 149 Å². The van der Waals surface area contributed by atoms with Gasteiger partial charge in [0.15, 0.2) is 0 Å². The summed E-state index contributed by atoms with van der Waals surface area (Å²) in [5, 5.41) is 6.35. The number of nitrogens with zero attached hydrogens (tertiary/aromatic N) is 2. The van der Waals surface area contributed by atoms with Crippen LogP contribution >= 0.6 is 11.3 Å². The molecule has 0 amide bonds. The Morgan fingerprint density at radius 2 is 1.33 bits per heavy atom. The van der Waals surface area contributed by atoms with Crippen molar-refractivity contribution in [2.45, 2.75) is 77.6 Å². The monoisotopic (exact) mass is 804 g/mol. The topological polar surface area (TPSA) is 21.3 Å². The van der Waals surface area contributed by atoms with Crippen molar-refractivity contribution < 1.29 is 4.42 Å². The minimum Gasteiger partial charge on any atom is -0.455 e. The number of hydrogen-bond acceptors (Lipinski definition) is 3. The van der Waals surface area contributed by atoms with Gasteiger partial charge in [0, 0.05) is 70.8 Å². The molecule has 2 aliphatic carbocycles. The summed E-state index contributed by atoms with van der Waals surface area (Å²) in [6, 6.07) is 46.5. The largest absolute Gasteiger partial charge is 0.455 e. The molecule has 2 aliphatic heterocycles. The molecule has 0 atom stereocenters. The lowest BCUT2D eigenvalue weighted by atomic mass is 9.44. The van der Waals surface area contributed by atoms with Crippen LogP contribution in [0, 0.1) is 6.92 Å². The molecule has 0 radical (unpaired) electrons. The number of aryl methyl sites for hydroxylation is 1. The highest BCUT2D eigenvalue weighted by Crippen LogP contribution is 2.58. The van der Waals surface area contributed by atoms with Crippen LogP contribution in [0.3, 0.4) is 0 Å². The number of rotatable bonds is 1. The van der Waals surface area contributed by atoms with Crippen molar-refractivity contribution in [3.8, 4) is 22.3 Å². The molecule has 0 saturated heterocycles. The first-order valence-electron chi connectivity index (χ1n) is 22.1. The Hall–Kier alpha value is -6.04. The Kier molecular flexibility index (Phi) is 6.29. The molecular formula is C56H45BN2OS. The SMILES string of the molecule is Cc1cc2c(cc1N1c3cc4c(oc5ccccc54)c4c3B(c3ccc5c(c31)C(C)(C)c1ccccc1-5)n1c3sc5ccccc5c3c3cccc-4c31)C(C)(C)CCC2(C)C. The van der Waals surface area contributed by atoms with Crippen molar-refractivity contribution >= 4 is 99.3 Å². The summed E-state index contributed by atoms with van der Waals surface area (Å²) in [4.78, 5) is 4.08. The number of aromatic nitrogens is 1. The van der Waals surface area contributed by atoms with Crippen LogP contribution in [0.4, 0.5) is 17.1 Å². The standard InChI is InChI=1S/C56H45BN2OS/c1-30-27-39-40(55(4,5)26-25-54(39,2)3)29-42(30)58-43-28-37-32-16-9-12-21-44(32)60-52(37)47-36-19-14-18-35-46-34-17-10-13-22-45(34)61-53(46)59(50(35)36)57(49(43)47)41-24-23-33-31-15-8-11-20-38(31)56(6,7)48(33)51(41)58/h8-24,27-29H,25-26H2,1-7H3. The molecule has 0 N–H and O–H groups in total. The van der Waals surface area contributed by atoms with Crippen LogP contribution in [-0.2, 0) is 16.2 Å². The molecule has 0 spiro atoms. The van der Waals surface area contributed by atoms with Gasteiger partial charge in [-0.25, -0.2) is 0 Å². The Bertz CT molecular complexity index is 3670. The quantitative estimate of drug-likeness (QED) is 0.154. The van der Waals surface area contributed by atoms with E-state index in [1.807, 2.05) is 11.3 Å². The van der Waals surface area contributed by atoms with Gasteiger partial charge in [-0.2, -0.15) is 0 Å². The van der Waals surface area contributed by atoms with Gasteiger partial charge in [0.1, 0.15) is 11.2 Å². The van der Waals surface area contributed by atoms with Gasteiger partial charge in [0.2, 0.25) is 0 Å². The van der Waals surface area contributed by atoms with Crippen LogP contribution in [0.2, 0.25) is 0 Å². The highest BCUT2D eigenvalue weighted by Gasteiger charge is 2.50. The Morgan fingerprint density at radius 3 is 2.16 bits per heavy atom. The molecule has 5 heterocycles. The van der Waals surface area contributed by atoms with Crippen molar-refractivity contribution in [3.63, 3.8) is 0 Å². The van der Waals surface area contributed by atoms with Gasteiger partial charge in [-0.15, -0.1) is 11.3 Å². The van der Waals surface area contributed by atoms with Crippen LogP contribution < -0.4 is 15.8 Å². The number of benzene rings is 7. The van der Waals surface area contributed by atoms with Crippen LogP contribution in [0.1, 0.15) is 82.2 Å². The first-order valence-corrected chi connectivity index (χ1v) is 22.9. The van der Waals surface area contributed by atoms with Gasteiger partial charge in [-0.3, -0.25) is 0 Å². The highest BCUT2D eigenvalue weighted by molar-refractivity contribution is 7.26. The van der Waals surface area contributed by atoms with Crippen molar-refractivity contribution in [1.29, 1.82) is 0 Å². The molecular weight excluding hydrogens is 760 g/mol. The van der Waals surface area contributed by atoms with Crippen molar-refractivity contribution in [2.75, 3.05) is 4.90 Å². The fraction of sp³-hybridized carbons (Fsp3) is 0.214. The molecule has 7 aromatic carbocycles. The summed E-state index contributed by atoms with van der Waals surface area (Å²) < 4.78 is 11.2. The van der Waals surface area contributed by atoms with E-state index in [0.29, 0.717) is 0 Å². The third-order valence-electron chi connectivity index (χ3n) is 15.7. The summed E-state index contributed by atoms with van der Waals surface area (Å²) in [5.41, 5.74) is 22.0. The molecule has 3 nitrogen and oxygen atoms in total. The first kappa shape index (κ1) is 34.7. The van der Waals surface area contributed by atoms with Gasteiger partial charge >= 0.3 is 6.85 Å². The Labute approximate surface area is 360 Å². The van der Waals surface area contributed by atoms with E-state index in [-0.39, 0.29) is 23.1 Å². The van der Waals surface area contributed by atoms with Crippen LogP contribution in [0.5, 0.6) is 0 Å². The van der Waals surface area contributed by atoms with Gasteiger partial charge in [-0.1, -0.05) is 139 Å². The normalized spacial score (nSPS) is 17.3. The van der Waals surface area contributed by atoms with E-state index in [4.69, 9.17) is 4.42 Å². The first-order chi connectivity index (χ1) is 29.4. The smallest absolute Gasteiger partial charge is 0.333 e. The van der Waals surface area contributed by atoms with Crippen LogP contribution in [0.25, 0.3) is 75.4 Å². The third-order valence-corrected chi connectivity index (χ3v) is 16.9.